The summed E-state index contributed by atoms with van der Waals surface area (Å²) < 4.78 is 5.81. The van der Waals surface area contributed by atoms with Gasteiger partial charge in [-0.3, -0.25) is 0 Å². The predicted octanol–water partition coefficient (Wildman–Crippen LogP) is 3.13. The molecule has 0 bridgehead atoms. The van der Waals surface area contributed by atoms with Crippen LogP contribution in [0.4, 0.5) is 0 Å². The van der Waals surface area contributed by atoms with Gasteiger partial charge in [0.05, 0.1) is 6.10 Å². The van der Waals surface area contributed by atoms with Gasteiger partial charge in [-0.1, -0.05) is 18.2 Å². The minimum Gasteiger partial charge on any atom is -0.407 e. The predicted molar refractivity (Wildman–Crippen MR) is 57.8 cm³/mol. The Balaban J connectivity index is 4.09. The summed E-state index contributed by atoms with van der Waals surface area (Å²) in [5, 5.41) is 0. The summed E-state index contributed by atoms with van der Waals surface area (Å²) in [6.45, 7) is 15.4. The van der Waals surface area contributed by atoms with Gasteiger partial charge in [-0.15, -0.1) is 19.7 Å². The zero-order valence-corrected chi connectivity index (χ0v) is 9.05. The lowest BCUT2D eigenvalue weighted by molar-refractivity contribution is 0.288. The molecule has 0 radical (unpaired) electrons. The van der Waals surface area contributed by atoms with Crippen LogP contribution in [-0.2, 0) is 4.43 Å². The molecule has 0 aliphatic rings. The first-order valence-corrected chi connectivity index (χ1v) is 7.21. The average Bonchev–Trinajstić information content (AvgIpc) is 2.00. The van der Waals surface area contributed by atoms with E-state index in [4.69, 9.17) is 4.43 Å². The van der Waals surface area contributed by atoms with Gasteiger partial charge in [-0.2, -0.15) is 0 Å². The van der Waals surface area contributed by atoms with Crippen molar-refractivity contribution in [3.05, 3.63) is 38.0 Å². The molecule has 0 heterocycles. The van der Waals surface area contributed by atoms with Crippen molar-refractivity contribution >= 4 is 8.32 Å². The van der Waals surface area contributed by atoms with Crippen LogP contribution in [0.1, 0.15) is 0 Å². The molecular formula is C10H18OSi. The molecule has 0 rings (SSSR count). The lowest BCUT2D eigenvalue weighted by Gasteiger charge is -2.24. The van der Waals surface area contributed by atoms with Crippen LogP contribution in [-0.4, -0.2) is 14.4 Å². The Morgan fingerprint density at radius 3 is 2.08 bits per heavy atom. The van der Waals surface area contributed by atoms with Crippen LogP contribution in [0.2, 0.25) is 19.1 Å². The summed E-state index contributed by atoms with van der Waals surface area (Å²) in [5.41, 5.74) is 0. The van der Waals surface area contributed by atoms with E-state index in [9.17, 15) is 0 Å². The Morgan fingerprint density at radius 2 is 1.75 bits per heavy atom. The van der Waals surface area contributed by atoms with Gasteiger partial charge in [-0.05, 0) is 19.1 Å². The molecule has 0 aromatic carbocycles. The van der Waals surface area contributed by atoms with Gasteiger partial charge < -0.3 is 4.43 Å². The van der Waals surface area contributed by atoms with Crippen LogP contribution in [0.5, 0.6) is 0 Å². The van der Waals surface area contributed by atoms with Gasteiger partial charge in [0.25, 0.3) is 0 Å². The second kappa shape index (κ2) is 5.12. The summed E-state index contributed by atoms with van der Waals surface area (Å²) in [4.78, 5) is 0. The fourth-order valence-electron chi connectivity index (χ4n) is 0.957. The number of hydrogen-bond acceptors (Lipinski definition) is 1. The van der Waals surface area contributed by atoms with E-state index in [1.165, 1.54) is 0 Å². The van der Waals surface area contributed by atoms with Crippen LogP contribution < -0.4 is 0 Å². The number of rotatable bonds is 6. The molecule has 0 aromatic rings. The Kier molecular flexibility index (Phi) is 4.86. The Bertz CT molecular complexity index is 165. The Hall–Kier alpha value is -0.603. The van der Waals surface area contributed by atoms with Crippen molar-refractivity contribution < 1.29 is 4.43 Å². The van der Waals surface area contributed by atoms with E-state index in [2.05, 4.69) is 32.8 Å². The Labute approximate surface area is 76.6 Å². The van der Waals surface area contributed by atoms with E-state index in [1.54, 1.807) is 12.2 Å². The lowest BCUT2D eigenvalue weighted by atomic mass is 10.4. The molecule has 1 nitrogen and oxygen atoms in total. The summed E-state index contributed by atoms with van der Waals surface area (Å²) in [5.74, 6) is 0. The summed E-state index contributed by atoms with van der Waals surface area (Å²) in [6, 6.07) is 0.963. The molecule has 0 amide bonds. The molecule has 0 aliphatic carbocycles. The van der Waals surface area contributed by atoms with E-state index in [-0.39, 0.29) is 6.10 Å². The molecule has 0 aromatic heterocycles. The van der Waals surface area contributed by atoms with E-state index in [0.717, 1.165) is 6.04 Å². The second-order valence-corrected chi connectivity index (χ2v) is 7.47. The SMILES string of the molecule is C=CC[Si](C)(C)OC(C=C)C=C. The zero-order valence-electron chi connectivity index (χ0n) is 8.05. The summed E-state index contributed by atoms with van der Waals surface area (Å²) in [7, 11) is -1.57. The third-order valence-electron chi connectivity index (χ3n) is 1.56. The maximum atomic E-state index is 5.81. The molecule has 0 saturated heterocycles. The molecule has 2 heteroatoms. The highest BCUT2D eigenvalue weighted by Crippen LogP contribution is 2.14. The third kappa shape index (κ3) is 4.31. The maximum absolute atomic E-state index is 5.81. The van der Waals surface area contributed by atoms with Crippen molar-refractivity contribution in [1.82, 2.24) is 0 Å². The Morgan fingerprint density at radius 1 is 1.25 bits per heavy atom. The molecule has 0 atom stereocenters. The molecule has 0 unspecified atom stereocenters. The average molecular weight is 182 g/mol. The summed E-state index contributed by atoms with van der Waals surface area (Å²) >= 11 is 0. The fourth-order valence-corrected chi connectivity index (χ4v) is 2.68. The van der Waals surface area contributed by atoms with Gasteiger partial charge in [0.2, 0.25) is 0 Å². The number of allylic oxidation sites excluding steroid dienone is 1. The first-order chi connectivity index (χ1) is 5.55. The zero-order chi connectivity index (χ0) is 9.61. The van der Waals surface area contributed by atoms with Crippen molar-refractivity contribution in [2.24, 2.45) is 0 Å². The van der Waals surface area contributed by atoms with Gasteiger partial charge >= 0.3 is 0 Å². The van der Waals surface area contributed by atoms with E-state index >= 15 is 0 Å². The molecule has 0 N–H and O–H groups in total. The monoisotopic (exact) mass is 182 g/mol. The van der Waals surface area contributed by atoms with Gasteiger partial charge in [0.1, 0.15) is 0 Å². The van der Waals surface area contributed by atoms with Crippen molar-refractivity contribution in [2.45, 2.75) is 25.2 Å². The molecule has 0 fully saturated rings. The van der Waals surface area contributed by atoms with Crippen LogP contribution in [0.15, 0.2) is 38.0 Å². The largest absolute Gasteiger partial charge is 0.407 e. The molecule has 12 heavy (non-hydrogen) atoms. The molecule has 68 valence electrons. The van der Waals surface area contributed by atoms with Crippen LogP contribution in [0.3, 0.4) is 0 Å². The van der Waals surface area contributed by atoms with Crippen molar-refractivity contribution in [3.8, 4) is 0 Å². The highest BCUT2D eigenvalue weighted by Gasteiger charge is 2.22. The maximum Gasteiger partial charge on any atom is 0.191 e. The van der Waals surface area contributed by atoms with Crippen LogP contribution in [0, 0.1) is 0 Å². The minimum absolute atomic E-state index is 0.00776. The minimum atomic E-state index is -1.57. The summed E-state index contributed by atoms with van der Waals surface area (Å²) in [6.07, 6.45) is 5.44. The number of hydrogen-bond donors (Lipinski definition) is 0. The second-order valence-electron chi connectivity index (χ2n) is 3.31. The first-order valence-electron chi connectivity index (χ1n) is 4.09. The topological polar surface area (TPSA) is 9.23 Å². The van der Waals surface area contributed by atoms with Crippen molar-refractivity contribution in [1.29, 1.82) is 0 Å². The van der Waals surface area contributed by atoms with Crippen molar-refractivity contribution in [3.63, 3.8) is 0 Å². The molecule has 0 spiro atoms. The normalized spacial score (nSPS) is 11.2. The van der Waals surface area contributed by atoms with Crippen LogP contribution >= 0.6 is 0 Å². The lowest BCUT2D eigenvalue weighted by Crippen LogP contribution is -2.33. The molecule has 0 aliphatic heterocycles. The van der Waals surface area contributed by atoms with E-state index in [1.807, 2.05) is 6.08 Å². The highest BCUT2D eigenvalue weighted by atomic mass is 28.4. The molecule has 0 saturated carbocycles. The fraction of sp³-hybridized carbons (Fsp3) is 0.400. The van der Waals surface area contributed by atoms with Crippen LogP contribution in [0.25, 0.3) is 0 Å². The van der Waals surface area contributed by atoms with Crippen molar-refractivity contribution in [2.75, 3.05) is 0 Å². The smallest absolute Gasteiger partial charge is 0.191 e. The highest BCUT2D eigenvalue weighted by molar-refractivity contribution is 6.71. The molecular weight excluding hydrogens is 164 g/mol. The quantitative estimate of drug-likeness (QED) is 0.453. The van der Waals surface area contributed by atoms with Gasteiger partial charge in [0.15, 0.2) is 8.32 Å². The van der Waals surface area contributed by atoms with Gasteiger partial charge in [0, 0.05) is 0 Å². The third-order valence-corrected chi connectivity index (χ3v) is 3.74. The van der Waals surface area contributed by atoms with Gasteiger partial charge in [-0.25, -0.2) is 0 Å². The standard InChI is InChI=1S/C10H18OSi/c1-6-9-12(4,5)11-10(7-2)8-3/h6-8,10H,1-3,9H2,4-5H3. The van der Waals surface area contributed by atoms with E-state index < -0.39 is 8.32 Å². The van der Waals surface area contributed by atoms with E-state index in [0.29, 0.717) is 0 Å². The first kappa shape index (κ1) is 11.4.